The number of benzene rings is 1. The van der Waals surface area contributed by atoms with E-state index >= 15 is 0 Å². The molecule has 0 aliphatic rings. The Hall–Kier alpha value is -2.76. The first-order valence-corrected chi connectivity index (χ1v) is 7.72. The third-order valence-corrected chi connectivity index (χ3v) is 4.03. The molecule has 2 aromatic heterocycles. The summed E-state index contributed by atoms with van der Waals surface area (Å²) in [6, 6.07) is 4.68. The fourth-order valence-electron chi connectivity index (χ4n) is 2.50. The molecule has 1 atom stereocenters. The summed E-state index contributed by atoms with van der Waals surface area (Å²) in [6.07, 6.45) is 2.21. The van der Waals surface area contributed by atoms with Crippen molar-refractivity contribution in [1.29, 1.82) is 0 Å². The van der Waals surface area contributed by atoms with E-state index in [2.05, 4.69) is 0 Å². The molecular formula is C18H18O6. The van der Waals surface area contributed by atoms with Crippen molar-refractivity contribution in [2.75, 3.05) is 7.11 Å². The molecule has 3 aromatic rings. The summed E-state index contributed by atoms with van der Waals surface area (Å²) in [5.41, 5.74) is 0.624. The molecule has 0 spiro atoms. The lowest BCUT2D eigenvalue weighted by Crippen LogP contribution is -2.14. The highest BCUT2D eigenvalue weighted by Crippen LogP contribution is 2.33. The van der Waals surface area contributed by atoms with Gasteiger partial charge in [-0.3, -0.25) is 9.59 Å². The van der Waals surface area contributed by atoms with Crippen LogP contribution in [0.1, 0.15) is 26.0 Å². The van der Waals surface area contributed by atoms with Gasteiger partial charge in [0.1, 0.15) is 34.7 Å². The van der Waals surface area contributed by atoms with Gasteiger partial charge < -0.3 is 18.3 Å². The molecular weight excluding hydrogens is 312 g/mol. The molecule has 24 heavy (non-hydrogen) atoms. The van der Waals surface area contributed by atoms with Gasteiger partial charge in [-0.2, -0.15) is 0 Å². The van der Waals surface area contributed by atoms with Crippen molar-refractivity contribution in [2.45, 2.75) is 26.9 Å². The zero-order valence-electron chi connectivity index (χ0n) is 13.8. The normalized spacial score (nSPS) is 12.5. The Balaban J connectivity index is 2.02. The maximum atomic E-state index is 12.5. The van der Waals surface area contributed by atoms with Crippen LogP contribution in [0, 0.1) is 5.92 Å². The number of esters is 1. The van der Waals surface area contributed by atoms with Crippen molar-refractivity contribution in [3.05, 3.63) is 40.4 Å². The van der Waals surface area contributed by atoms with Crippen molar-refractivity contribution < 1.29 is 23.1 Å². The molecule has 1 aromatic carbocycles. The minimum absolute atomic E-state index is 0.0904. The average molecular weight is 330 g/mol. The van der Waals surface area contributed by atoms with Crippen LogP contribution >= 0.6 is 0 Å². The lowest BCUT2D eigenvalue weighted by molar-refractivity contribution is -0.149. The monoisotopic (exact) mass is 330 g/mol. The van der Waals surface area contributed by atoms with Gasteiger partial charge in [0.2, 0.25) is 0 Å². The van der Waals surface area contributed by atoms with Crippen LogP contribution in [0.2, 0.25) is 0 Å². The van der Waals surface area contributed by atoms with Gasteiger partial charge in [0.15, 0.2) is 5.43 Å². The number of ether oxygens (including phenoxy) is 2. The standard InChI is InChI=1S/C18H18O6/c1-4-10(2)18(20)23-9-11-7-13(19)16-15(24-11)8-14-12(5-6-22-14)17(16)21-3/h5-8,10H,4,9H2,1-3H3. The molecule has 3 rings (SSSR count). The van der Waals surface area contributed by atoms with E-state index in [1.54, 1.807) is 19.1 Å². The van der Waals surface area contributed by atoms with E-state index in [0.717, 1.165) is 0 Å². The van der Waals surface area contributed by atoms with Crippen molar-refractivity contribution in [3.63, 3.8) is 0 Å². The van der Waals surface area contributed by atoms with Crippen LogP contribution in [0.5, 0.6) is 5.75 Å². The molecule has 1 unspecified atom stereocenters. The number of carbonyl (C=O) groups excluding carboxylic acids is 1. The molecule has 0 saturated carbocycles. The number of hydrogen-bond donors (Lipinski definition) is 0. The third-order valence-electron chi connectivity index (χ3n) is 4.03. The third kappa shape index (κ3) is 2.75. The van der Waals surface area contributed by atoms with Gasteiger partial charge in [-0.1, -0.05) is 13.8 Å². The van der Waals surface area contributed by atoms with Crippen molar-refractivity contribution in [1.82, 2.24) is 0 Å². The molecule has 126 valence electrons. The minimum atomic E-state index is -0.320. The Kier molecular flexibility index (Phi) is 4.29. The second kappa shape index (κ2) is 6.39. The molecule has 0 radical (unpaired) electrons. The van der Waals surface area contributed by atoms with Crippen LogP contribution in [0.4, 0.5) is 0 Å². The largest absolute Gasteiger partial charge is 0.495 e. The second-order valence-electron chi connectivity index (χ2n) is 5.61. The van der Waals surface area contributed by atoms with Gasteiger partial charge >= 0.3 is 5.97 Å². The lowest BCUT2D eigenvalue weighted by atomic mass is 10.1. The topological polar surface area (TPSA) is 78.9 Å². The Bertz CT molecular complexity index is 949. The summed E-state index contributed by atoms with van der Waals surface area (Å²) in [7, 11) is 1.49. The predicted octanol–water partition coefficient (Wildman–Crippen LogP) is 3.64. The highest BCUT2D eigenvalue weighted by atomic mass is 16.5. The number of fused-ring (bicyclic) bond motifs is 2. The van der Waals surface area contributed by atoms with Gasteiger partial charge in [-0.05, 0) is 12.5 Å². The molecule has 6 heteroatoms. The van der Waals surface area contributed by atoms with Gasteiger partial charge in [-0.25, -0.2) is 0 Å². The number of methoxy groups -OCH3 is 1. The zero-order chi connectivity index (χ0) is 17.3. The molecule has 0 bridgehead atoms. The molecule has 0 saturated heterocycles. The van der Waals surface area contributed by atoms with E-state index in [1.165, 1.54) is 19.4 Å². The number of carbonyl (C=O) groups is 1. The van der Waals surface area contributed by atoms with Crippen LogP contribution in [-0.4, -0.2) is 13.1 Å². The quantitative estimate of drug-likeness (QED) is 0.665. The smallest absolute Gasteiger partial charge is 0.309 e. The maximum absolute atomic E-state index is 12.5. The second-order valence-corrected chi connectivity index (χ2v) is 5.61. The van der Waals surface area contributed by atoms with Crippen molar-refractivity contribution in [3.8, 4) is 5.75 Å². The van der Waals surface area contributed by atoms with E-state index in [4.69, 9.17) is 18.3 Å². The Morgan fingerprint density at radius 1 is 1.29 bits per heavy atom. The van der Waals surface area contributed by atoms with E-state index in [-0.39, 0.29) is 29.7 Å². The van der Waals surface area contributed by atoms with E-state index in [9.17, 15) is 9.59 Å². The number of furan rings is 1. The van der Waals surface area contributed by atoms with Crippen molar-refractivity contribution in [2.24, 2.45) is 5.92 Å². The maximum Gasteiger partial charge on any atom is 0.309 e. The van der Waals surface area contributed by atoms with Crippen LogP contribution in [0.15, 0.2) is 38.1 Å². The summed E-state index contributed by atoms with van der Waals surface area (Å²) < 4.78 is 21.6. The highest BCUT2D eigenvalue weighted by Gasteiger charge is 2.17. The van der Waals surface area contributed by atoms with Crippen LogP contribution < -0.4 is 10.2 Å². The molecule has 6 nitrogen and oxygen atoms in total. The summed E-state index contributed by atoms with van der Waals surface area (Å²) in [6.45, 7) is 3.60. The molecule has 0 fully saturated rings. The van der Waals surface area contributed by atoms with E-state index in [0.29, 0.717) is 34.1 Å². The van der Waals surface area contributed by atoms with Gasteiger partial charge in [0.25, 0.3) is 0 Å². The molecule has 0 N–H and O–H groups in total. The number of hydrogen-bond acceptors (Lipinski definition) is 6. The SMILES string of the molecule is CCC(C)C(=O)OCc1cc(=O)c2c(OC)c3ccoc3cc2o1. The Morgan fingerprint density at radius 3 is 2.79 bits per heavy atom. The van der Waals surface area contributed by atoms with Crippen LogP contribution in [-0.2, 0) is 16.1 Å². The van der Waals surface area contributed by atoms with E-state index < -0.39 is 0 Å². The highest BCUT2D eigenvalue weighted by molar-refractivity contribution is 6.01. The first kappa shape index (κ1) is 16.1. The lowest BCUT2D eigenvalue weighted by Gasteiger charge is -2.10. The molecule has 0 aliphatic carbocycles. The molecule has 2 heterocycles. The van der Waals surface area contributed by atoms with Gasteiger partial charge in [0, 0.05) is 12.1 Å². The predicted molar refractivity (Wildman–Crippen MR) is 88.1 cm³/mol. The average Bonchev–Trinajstić information content (AvgIpc) is 3.04. The molecule has 0 amide bonds. The fraction of sp³-hybridized carbons (Fsp3) is 0.333. The minimum Gasteiger partial charge on any atom is -0.495 e. The van der Waals surface area contributed by atoms with Gasteiger partial charge in [0.05, 0.1) is 24.7 Å². The molecule has 0 aliphatic heterocycles. The Labute approximate surface area is 137 Å². The summed E-state index contributed by atoms with van der Waals surface area (Å²) in [5, 5.41) is 1.04. The summed E-state index contributed by atoms with van der Waals surface area (Å²) in [5.74, 6) is 0.171. The summed E-state index contributed by atoms with van der Waals surface area (Å²) >= 11 is 0. The van der Waals surface area contributed by atoms with Gasteiger partial charge in [-0.15, -0.1) is 0 Å². The Morgan fingerprint density at radius 2 is 2.08 bits per heavy atom. The van der Waals surface area contributed by atoms with E-state index in [1.807, 2.05) is 6.92 Å². The van der Waals surface area contributed by atoms with Crippen LogP contribution in [0.25, 0.3) is 21.9 Å². The number of rotatable bonds is 5. The van der Waals surface area contributed by atoms with Crippen molar-refractivity contribution >= 4 is 27.9 Å². The first-order valence-electron chi connectivity index (χ1n) is 7.72. The first-order chi connectivity index (χ1) is 11.5. The summed E-state index contributed by atoms with van der Waals surface area (Å²) in [4.78, 5) is 24.2. The zero-order valence-corrected chi connectivity index (χ0v) is 13.8. The fourth-order valence-corrected chi connectivity index (χ4v) is 2.50. The van der Waals surface area contributed by atoms with Crippen LogP contribution in [0.3, 0.4) is 0 Å².